The van der Waals surface area contributed by atoms with Crippen molar-refractivity contribution < 1.29 is 4.74 Å². The molecule has 36 heavy (non-hydrogen) atoms. The number of aromatic nitrogens is 7. The first-order chi connectivity index (χ1) is 17.7. The number of nitrogens with zero attached hydrogens (tertiary/aromatic N) is 7. The fraction of sp³-hybridized carbons (Fsp3) is 0.0741. The van der Waals surface area contributed by atoms with E-state index in [0.717, 1.165) is 28.1 Å². The Kier molecular flexibility index (Phi) is 4.62. The van der Waals surface area contributed by atoms with Crippen LogP contribution < -0.4 is 4.74 Å². The van der Waals surface area contributed by atoms with E-state index >= 15 is 0 Å². The first-order valence-corrected chi connectivity index (χ1v) is 11.8. The molecule has 0 amide bonds. The number of aryl methyl sites for hydroxylation is 1. The van der Waals surface area contributed by atoms with Gasteiger partial charge in [0.05, 0.1) is 28.4 Å². The van der Waals surface area contributed by atoms with E-state index in [9.17, 15) is 0 Å². The van der Waals surface area contributed by atoms with Crippen LogP contribution in [0.3, 0.4) is 0 Å². The molecule has 0 bridgehead atoms. The molecule has 4 aromatic heterocycles. The van der Waals surface area contributed by atoms with E-state index in [-0.39, 0.29) is 5.92 Å². The average molecular weight is 492 g/mol. The van der Waals surface area contributed by atoms with Gasteiger partial charge in [-0.1, -0.05) is 54.1 Å². The van der Waals surface area contributed by atoms with Gasteiger partial charge >= 0.3 is 0 Å². The van der Waals surface area contributed by atoms with Gasteiger partial charge in [-0.15, -0.1) is 5.10 Å². The number of halogens is 1. The monoisotopic (exact) mass is 491 g/mol. The van der Waals surface area contributed by atoms with Crippen LogP contribution in [-0.2, 0) is 0 Å². The van der Waals surface area contributed by atoms with Crippen molar-refractivity contribution >= 4 is 17.2 Å². The number of rotatable bonds is 3. The van der Waals surface area contributed by atoms with E-state index in [1.54, 1.807) is 21.7 Å². The molecule has 0 radical (unpaired) electrons. The lowest BCUT2D eigenvalue weighted by atomic mass is 9.84. The van der Waals surface area contributed by atoms with Crippen molar-refractivity contribution in [3.63, 3.8) is 0 Å². The summed E-state index contributed by atoms with van der Waals surface area (Å²) in [5.41, 5.74) is 5.86. The minimum atomic E-state index is -0.213. The smallest absolute Gasteiger partial charge is 0.230 e. The maximum Gasteiger partial charge on any atom is 0.230 e. The first kappa shape index (κ1) is 20.8. The lowest BCUT2D eigenvalue weighted by Gasteiger charge is -2.26. The standard InChI is InChI=1S/C27H18ClN7O/c1-16-21-22(17-8-3-2-4-9-17)23-25-31-24(20-12-5-6-13-29-20)33-34(25)15-30-26(23)36-27(21)35(32-16)19-11-7-10-18(28)14-19/h2-15,22H,1H3/t22-/m1/s1. The zero-order valence-corrected chi connectivity index (χ0v) is 19.8. The zero-order chi connectivity index (χ0) is 24.2. The first-order valence-electron chi connectivity index (χ1n) is 11.4. The fourth-order valence-corrected chi connectivity index (χ4v) is 4.93. The Morgan fingerprint density at radius 1 is 0.889 bits per heavy atom. The van der Waals surface area contributed by atoms with Gasteiger partial charge in [-0.3, -0.25) is 4.98 Å². The van der Waals surface area contributed by atoms with Crippen LogP contribution in [0.25, 0.3) is 22.9 Å². The molecule has 1 aliphatic rings. The molecular weight excluding hydrogens is 474 g/mol. The maximum absolute atomic E-state index is 6.45. The molecule has 7 rings (SSSR count). The minimum Gasteiger partial charge on any atom is -0.420 e. The van der Waals surface area contributed by atoms with E-state index in [4.69, 9.17) is 26.4 Å². The zero-order valence-electron chi connectivity index (χ0n) is 19.1. The Morgan fingerprint density at radius 2 is 1.75 bits per heavy atom. The summed E-state index contributed by atoms with van der Waals surface area (Å²) in [6.45, 7) is 1.99. The van der Waals surface area contributed by atoms with Crippen molar-refractivity contribution in [1.82, 2.24) is 34.3 Å². The summed E-state index contributed by atoms with van der Waals surface area (Å²) in [5.74, 6) is 1.38. The molecule has 8 nitrogen and oxygen atoms in total. The molecule has 5 heterocycles. The fourth-order valence-electron chi connectivity index (χ4n) is 4.74. The molecule has 1 aliphatic heterocycles. The normalized spacial score (nSPS) is 14.3. The van der Waals surface area contributed by atoms with Gasteiger partial charge in [0, 0.05) is 11.2 Å². The lowest BCUT2D eigenvalue weighted by molar-refractivity contribution is 0.402. The highest BCUT2D eigenvalue weighted by Gasteiger charge is 2.38. The quantitative estimate of drug-likeness (QED) is 0.319. The summed E-state index contributed by atoms with van der Waals surface area (Å²) < 4.78 is 9.91. The van der Waals surface area contributed by atoms with Crippen molar-refractivity contribution in [3.8, 4) is 29.0 Å². The highest BCUT2D eigenvalue weighted by molar-refractivity contribution is 6.30. The van der Waals surface area contributed by atoms with Crippen LogP contribution in [0.5, 0.6) is 11.8 Å². The predicted molar refractivity (Wildman–Crippen MR) is 135 cm³/mol. The van der Waals surface area contributed by atoms with Crippen LogP contribution >= 0.6 is 11.6 Å². The predicted octanol–water partition coefficient (Wildman–Crippen LogP) is 5.62. The third-order valence-corrected chi connectivity index (χ3v) is 6.53. The molecule has 0 saturated carbocycles. The van der Waals surface area contributed by atoms with Crippen molar-refractivity contribution in [1.29, 1.82) is 0 Å². The summed E-state index contributed by atoms with van der Waals surface area (Å²) in [7, 11) is 0. The molecule has 174 valence electrons. The lowest BCUT2D eigenvalue weighted by Crippen LogP contribution is -2.16. The second-order valence-electron chi connectivity index (χ2n) is 8.52. The number of pyridine rings is 1. The molecular formula is C27H18ClN7O. The highest BCUT2D eigenvalue weighted by Crippen LogP contribution is 2.49. The molecule has 1 atom stereocenters. The van der Waals surface area contributed by atoms with E-state index in [1.165, 1.54) is 0 Å². The van der Waals surface area contributed by atoms with Crippen molar-refractivity contribution in [2.45, 2.75) is 12.8 Å². The van der Waals surface area contributed by atoms with Gasteiger partial charge in [0.2, 0.25) is 17.6 Å². The number of fused-ring (bicyclic) bond motifs is 4. The van der Waals surface area contributed by atoms with Crippen LogP contribution in [0.4, 0.5) is 0 Å². The van der Waals surface area contributed by atoms with E-state index < -0.39 is 0 Å². The van der Waals surface area contributed by atoms with Gasteiger partial charge in [-0.2, -0.15) is 5.10 Å². The van der Waals surface area contributed by atoms with Gasteiger partial charge in [-0.25, -0.2) is 19.2 Å². The van der Waals surface area contributed by atoms with Crippen LogP contribution in [0, 0.1) is 6.92 Å². The summed E-state index contributed by atoms with van der Waals surface area (Å²) in [5, 5.41) is 10.1. The number of benzene rings is 2. The molecule has 6 aromatic rings. The second kappa shape index (κ2) is 8.00. The Labute approximate surface area is 210 Å². The van der Waals surface area contributed by atoms with E-state index in [0.29, 0.717) is 33.9 Å². The second-order valence-corrected chi connectivity index (χ2v) is 8.96. The number of ether oxygens (including phenoxy) is 1. The van der Waals surface area contributed by atoms with Crippen molar-refractivity contribution in [3.05, 3.63) is 113 Å². The maximum atomic E-state index is 6.45. The molecule has 0 spiro atoms. The van der Waals surface area contributed by atoms with Gasteiger partial charge in [0.1, 0.15) is 12.0 Å². The third-order valence-electron chi connectivity index (χ3n) is 6.30. The van der Waals surface area contributed by atoms with Gasteiger partial charge in [-0.05, 0) is 42.8 Å². The highest BCUT2D eigenvalue weighted by atomic mass is 35.5. The topological polar surface area (TPSA) is 83.0 Å². The van der Waals surface area contributed by atoms with Crippen LogP contribution in [0.15, 0.2) is 85.3 Å². The number of hydrogen-bond acceptors (Lipinski definition) is 6. The van der Waals surface area contributed by atoms with Crippen LogP contribution in [0.1, 0.15) is 28.3 Å². The minimum absolute atomic E-state index is 0.213. The molecule has 0 fully saturated rings. The largest absolute Gasteiger partial charge is 0.420 e. The molecule has 0 aliphatic carbocycles. The Morgan fingerprint density at radius 3 is 2.56 bits per heavy atom. The number of hydrogen-bond donors (Lipinski definition) is 0. The summed E-state index contributed by atoms with van der Waals surface area (Å²) in [6, 6.07) is 23.4. The van der Waals surface area contributed by atoms with Crippen LogP contribution in [0.2, 0.25) is 5.02 Å². The Bertz CT molecular complexity index is 1750. The molecule has 2 aromatic carbocycles. The summed E-state index contributed by atoms with van der Waals surface area (Å²) >= 11 is 6.29. The average Bonchev–Trinajstić information content (AvgIpc) is 3.50. The molecule has 9 heteroatoms. The van der Waals surface area contributed by atoms with Gasteiger partial charge < -0.3 is 4.74 Å². The summed E-state index contributed by atoms with van der Waals surface area (Å²) in [6.07, 6.45) is 3.35. The third kappa shape index (κ3) is 3.19. The van der Waals surface area contributed by atoms with E-state index in [1.807, 2.05) is 67.6 Å². The molecule has 0 saturated heterocycles. The molecule has 0 unspecified atom stereocenters. The van der Waals surface area contributed by atoms with E-state index in [2.05, 4.69) is 27.2 Å². The summed E-state index contributed by atoms with van der Waals surface area (Å²) in [4.78, 5) is 13.9. The van der Waals surface area contributed by atoms with Crippen LogP contribution in [-0.4, -0.2) is 34.3 Å². The molecule has 0 N–H and O–H groups in total. The SMILES string of the molecule is Cc1nn(-c2cccc(Cl)c2)c2c1[C@@H](c1ccccc1)c1c(ncn3nc(-c4ccccn4)nc13)O2. The van der Waals surface area contributed by atoms with Gasteiger partial charge in [0.15, 0.2) is 5.65 Å². The Balaban J connectivity index is 1.49. The van der Waals surface area contributed by atoms with Gasteiger partial charge in [0.25, 0.3) is 0 Å². The van der Waals surface area contributed by atoms with Crippen molar-refractivity contribution in [2.75, 3.05) is 0 Å². The van der Waals surface area contributed by atoms with Crippen molar-refractivity contribution in [2.24, 2.45) is 0 Å². The Hall–Kier alpha value is -4.56.